The highest BCUT2D eigenvalue weighted by Gasteiger charge is 2.28. The zero-order valence-corrected chi connectivity index (χ0v) is 33.6. The molecular formula is C58H36N4. The molecule has 4 heteroatoms. The summed E-state index contributed by atoms with van der Waals surface area (Å²) in [4.78, 5) is 10.4. The van der Waals surface area contributed by atoms with Crippen LogP contribution in [0, 0.1) is 0 Å². The van der Waals surface area contributed by atoms with Gasteiger partial charge in [0.2, 0.25) is 0 Å². The van der Waals surface area contributed by atoms with Crippen molar-refractivity contribution >= 4 is 43.6 Å². The molecule has 2 heterocycles. The Kier molecular flexibility index (Phi) is 7.57. The Bertz CT molecular complexity index is 3710. The first-order valence-corrected chi connectivity index (χ1v) is 21.2. The smallest absolute Gasteiger partial charge is 0.145 e. The maximum absolute atomic E-state index is 5.20. The number of benzene rings is 10. The van der Waals surface area contributed by atoms with E-state index in [2.05, 4.69) is 228 Å². The molecule has 4 nitrogen and oxygen atoms in total. The first-order chi connectivity index (χ1) is 30.7. The largest absolute Gasteiger partial charge is 0.292 e. The Morgan fingerprint density at radius 3 is 1.32 bits per heavy atom. The predicted octanol–water partition coefficient (Wildman–Crippen LogP) is 15.0. The molecule has 62 heavy (non-hydrogen) atoms. The van der Waals surface area contributed by atoms with Gasteiger partial charge in [0.15, 0.2) is 0 Å². The topological polar surface area (TPSA) is 35.6 Å². The summed E-state index contributed by atoms with van der Waals surface area (Å²) in [6, 6.07) is 78.6. The van der Waals surface area contributed by atoms with Crippen LogP contribution in [0.1, 0.15) is 0 Å². The van der Waals surface area contributed by atoms with Crippen LogP contribution in [0.2, 0.25) is 0 Å². The molecule has 12 aromatic rings. The molecule has 0 bridgehead atoms. The Morgan fingerprint density at radius 2 is 0.742 bits per heavy atom. The van der Waals surface area contributed by atoms with Crippen molar-refractivity contribution in [3.63, 3.8) is 0 Å². The summed E-state index contributed by atoms with van der Waals surface area (Å²) in [6.45, 7) is 0. The van der Waals surface area contributed by atoms with E-state index < -0.39 is 0 Å². The van der Waals surface area contributed by atoms with Gasteiger partial charge in [-0.1, -0.05) is 152 Å². The molecule has 288 valence electrons. The van der Waals surface area contributed by atoms with Gasteiger partial charge in [-0.3, -0.25) is 9.13 Å². The molecule has 0 aliphatic heterocycles. The minimum atomic E-state index is 0.920. The van der Waals surface area contributed by atoms with Crippen LogP contribution < -0.4 is 0 Å². The lowest BCUT2D eigenvalue weighted by Gasteiger charge is -2.18. The van der Waals surface area contributed by atoms with E-state index >= 15 is 0 Å². The SMILES string of the molecule is c1ccc(-n2c(-c3ccc(-c4cc5cccc6c5c(c4-c4ccc(-c5nc7ccccc7n5-c5ccccc5)cc4)-c4cc5ccccc5cc4-6)cc3)nc3ccccc32)cc1. The molecule has 1 aliphatic rings. The molecule has 0 amide bonds. The zero-order chi connectivity index (χ0) is 40.7. The molecule has 0 atom stereocenters. The Hall–Kier alpha value is -8.34. The van der Waals surface area contributed by atoms with Crippen LogP contribution in [-0.4, -0.2) is 19.1 Å². The molecule has 0 spiro atoms. The first-order valence-electron chi connectivity index (χ1n) is 21.2. The Labute approximate surface area is 358 Å². The monoisotopic (exact) mass is 788 g/mol. The molecule has 13 rings (SSSR count). The number of para-hydroxylation sites is 6. The number of rotatable bonds is 6. The van der Waals surface area contributed by atoms with Gasteiger partial charge >= 0.3 is 0 Å². The molecule has 0 fully saturated rings. The van der Waals surface area contributed by atoms with Crippen LogP contribution in [0.15, 0.2) is 218 Å². The summed E-state index contributed by atoms with van der Waals surface area (Å²) in [5, 5.41) is 5.03. The van der Waals surface area contributed by atoms with Gasteiger partial charge in [0, 0.05) is 22.5 Å². The number of hydrogen-bond donors (Lipinski definition) is 0. The van der Waals surface area contributed by atoms with E-state index in [1.54, 1.807) is 0 Å². The highest BCUT2D eigenvalue weighted by molar-refractivity contribution is 6.23. The highest BCUT2D eigenvalue weighted by atomic mass is 15.1. The first kappa shape index (κ1) is 34.5. The lowest BCUT2D eigenvalue weighted by Crippen LogP contribution is -1.98. The van der Waals surface area contributed by atoms with Crippen LogP contribution in [0.3, 0.4) is 0 Å². The van der Waals surface area contributed by atoms with E-state index in [9.17, 15) is 0 Å². The molecule has 0 unspecified atom stereocenters. The highest BCUT2D eigenvalue weighted by Crippen LogP contribution is 2.55. The summed E-state index contributed by atoms with van der Waals surface area (Å²) in [5.74, 6) is 1.84. The van der Waals surface area contributed by atoms with Crippen molar-refractivity contribution in [2.24, 2.45) is 0 Å². The van der Waals surface area contributed by atoms with Crippen LogP contribution >= 0.6 is 0 Å². The second kappa shape index (κ2) is 13.6. The number of fused-ring (bicyclic) bond motifs is 6. The Morgan fingerprint density at radius 1 is 0.290 bits per heavy atom. The summed E-state index contributed by atoms with van der Waals surface area (Å²) in [7, 11) is 0. The van der Waals surface area contributed by atoms with Crippen molar-refractivity contribution in [1.29, 1.82) is 0 Å². The van der Waals surface area contributed by atoms with Crippen molar-refractivity contribution < 1.29 is 0 Å². The lowest BCUT2D eigenvalue weighted by atomic mass is 9.85. The van der Waals surface area contributed by atoms with Gasteiger partial charge in [-0.2, -0.15) is 0 Å². The van der Waals surface area contributed by atoms with E-state index in [4.69, 9.17) is 9.97 Å². The lowest BCUT2D eigenvalue weighted by molar-refractivity contribution is 1.10. The van der Waals surface area contributed by atoms with Crippen molar-refractivity contribution in [2.45, 2.75) is 0 Å². The molecular weight excluding hydrogens is 753 g/mol. The van der Waals surface area contributed by atoms with Crippen LogP contribution in [0.5, 0.6) is 0 Å². The van der Waals surface area contributed by atoms with E-state index in [1.165, 1.54) is 54.9 Å². The zero-order valence-electron chi connectivity index (χ0n) is 33.6. The van der Waals surface area contributed by atoms with Crippen molar-refractivity contribution in [2.75, 3.05) is 0 Å². The summed E-state index contributed by atoms with van der Waals surface area (Å²) >= 11 is 0. The van der Waals surface area contributed by atoms with Crippen molar-refractivity contribution in [3.8, 4) is 78.7 Å². The molecule has 10 aromatic carbocycles. The van der Waals surface area contributed by atoms with Gasteiger partial charge in [-0.15, -0.1) is 0 Å². The van der Waals surface area contributed by atoms with Gasteiger partial charge in [0.1, 0.15) is 11.6 Å². The summed E-state index contributed by atoms with van der Waals surface area (Å²) in [6.07, 6.45) is 0. The number of aromatic nitrogens is 4. The third-order valence-corrected chi connectivity index (χ3v) is 12.6. The third-order valence-electron chi connectivity index (χ3n) is 12.6. The van der Waals surface area contributed by atoms with Crippen molar-refractivity contribution in [1.82, 2.24) is 19.1 Å². The predicted molar refractivity (Wildman–Crippen MR) is 257 cm³/mol. The molecule has 1 aliphatic carbocycles. The fourth-order valence-electron chi connectivity index (χ4n) is 9.85. The molecule has 2 aromatic heterocycles. The molecule has 0 radical (unpaired) electrons. The van der Waals surface area contributed by atoms with E-state index in [1.807, 2.05) is 0 Å². The standard InChI is InChI=1S/C58H36N4/c1-3-17-44(18-4-1)61-52-24-11-9-22-50(52)59-57(61)39-30-26-37(27-31-39)47-36-43-16-13-21-46-48-34-41-14-7-8-15-42(41)35-49(48)56(55(43)46)54(47)38-28-32-40(33-29-38)58-60-51-23-10-12-25-53(51)62(58)45-19-5-2-6-20-45/h1-36H. The van der Waals surface area contributed by atoms with Gasteiger partial charge in [0.25, 0.3) is 0 Å². The van der Waals surface area contributed by atoms with Gasteiger partial charge in [-0.05, 0) is 133 Å². The normalized spacial score (nSPS) is 11.9. The Balaban J connectivity index is 1.02. The maximum atomic E-state index is 5.20. The second-order valence-electron chi connectivity index (χ2n) is 16.2. The summed E-state index contributed by atoms with van der Waals surface area (Å²) < 4.78 is 4.54. The number of nitrogens with zero attached hydrogens (tertiary/aromatic N) is 4. The van der Waals surface area contributed by atoms with Crippen LogP contribution in [0.4, 0.5) is 0 Å². The quantitative estimate of drug-likeness (QED) is 0.168. The fourth-order valence-corrected chi connectivity index (χ4v) is 9.85. The fraction of sp³-hybridized carbons (Fsp3) is 0. The molecule has 0 saturated carbocycles. The summed E-state index contributed by atoms with van der Waals surface area (Å²) in [5.41, 5.74) is 18.3. The maximum Gasteiger partial charge on any atom is 0.145 e. The van der Waals surface area contributed by atoms with Crippen LogP contribution in [-0.2, 0) is 0 Å². The molecule has 0 N–H and O–H groups in total. The average molecular weight is 789 g/mol. The van der Waals surface area contributed by atoms with E-state index in [0.29, 0.717) is 0 Å². The minimum absolute atomic E-state index is 0.920. The van der Waals surface area contributed by atoms with Crippen LogP contribution in [0.25, 0.3) is 122 Å². The van der Waals surface area contributed by atoms with E-state index in [-0.39, 0.29) is 0 Å². The third kappa shape index (κ3) is 5.27. The second-order valence-corrected chi connectivity index (χ2v) is 16.2. The van der Waals surface area contributed by atoms with E-state index in [0.717, 1.165) is 67.3 Å². The molecule has 0 saturated heterocycles. The number of imidazole rings is 2. The van der Waals surface area contributed by atoms with Gasteiger partial charge < -0.3 is 0 Å². The number of hydrogen-bond acceptors (Lipinski definition) is 2. The van der Waals surface area contributed by atoms with Gasteiger partial charge in [-0.25, -0.2) is 9.97 Å². The minimum Gasteiger partial charge on any atom is -0.292 e. The van der Waals surface area contributed by atoms with Gasteiger partial charge in [0.05, 0.1) is 22.1 Å². The van der Waals surface area contributed by atoms with Crippen molar-refractivity contribution in [3.05, 3.63) is 218 Å². The average Bonchev–Trinajstić information content (AvgIpc) is 4.03.